The second kappa shape index (κ2) is 6.06. The molecule has 18 heavy (non-hydrogen) atoms. The molecule has 1 aromatic carbocycles. The Kier molecular flexibility index (Phi) is 4.73. The number of imide groups is 1. The quantitative estimate of drug-likeness (QED) is 0.707. The van der Waals surface area contributed by atoms with Crippen molar-refractivity contribution in [2.75, 3.05) is 0 Å². The highest BCUT2D eigenvalue weighted by Gasteiger charge is 2.18. The summed E-state index contributed by atoms with van der Waals surface area (Å²) >= 11 is 1.05. The number of carbonyl (C=O) groups is 3. The largest absolute Gasteiger partial charge is 0.478 e. The molecule has 0 bridgehead atoms. The molecule has 1 aromatic rings. The SMILES string of the molecule is C[C@@H](Sc1ccccc1C(=O)O)C(=O)NC(N)=O. The number of urea groups is 1. The van der Waals surface area contributed by atoms with E-state index in [1.165, 1.54) is 6.07 Å². The van der Waals surface area contributed by atoms with E-state index in [1.54, 1.807) is 25.1 Å². The van der Waals surface area contributed by atoms with E-state index in [0.717, 1.165) is 11.8 Å². The van der Waals surface area contributed by atoms with E-state index in [9.17, 15) is 14.4 Å². The van der Waals surface area contributed by atoms with E-state index in [-0.39, 0.29) is 5.56 Å². The van der Waals surface area contributed by atoms with Crippen LogP contribution in [-0.2, 0) is 4.79 Å². The van der Waals surface area contributed by atoms with Gasteiger partial charge in [0, 0.05) is 4.90 Å². The number of thioether (sulfide) groups is 1. The highest BCUT2D eigenvalue weighted by molar-refractivity contribution is 8.00. The zero-order chi connectivity index (χ0) is 13.7. The molecule has 0 saturated heterocycles. The molecule has 3 amide bonds. The van der Waals surface area contributed by atoms with Crippen LogP contribution in [0.3, 0.4) is 0 Å². The topological polar surface area (TPSA) is 109 Å². The van der Waals surface area contributed by atoms with Gasteiger partial charge in [0.05, 0.1) is 10.8 Å². The van der Waals surface area contributed by atoms with Gasteiger partial charge >= 0.3 is 12.0 Å². The fraction of sp³-hybridized carbons (Fsp3) is 0.182. The fourth-order valence-corrected chi connectivity index (χ4v) is 2.20. The molecule has 6 nitrogen and oxygen atoms in total. The van der Waals surface area contributed by atoms with E-state index in [0.29, 0.717) is 4.90 Å². The molecular formula is C11H12N2O4S. The summed E-state index contributed by atoms with van der Waals surface area (Å²) in [5, 5.41) is 10.3. The summed E-state index contributed by atoms with van der Waals surface area (Å²) in [6, 6.07) is 5.39. The van der Waals surface area contributed by atoms with Crippen molar-refractivity contribution >= 4 is 29.7 Å². The minimum Gasteiger partial charge on any atom is -0.478 e. The van der Waals surface area contributed by atoms with Crippen LogP contribution in [-0.4, -0.2) is 28.3 Å². The average Bonchev–Trinajstić information content (AvgIpc) is 2.28. The molecule has 0 aliphatic heterocycles. The first-order valence-electron chi connectivity index (χ1n) is 5.01. The van der Waals surface area contributed by atoms with E-state index >= 15 is 0 Å². The maximum atomic E-state index is 11.5. The van der Waals surface area contributed by atoms with Crippen LogP contribution in [0.2, 0.25) is 0 Å². The summed E-state index contributed by atoms with van der Waals surface area (Å²) in [6.07, 6.45) is 0. The molecule has 4 N–H and O–H groups in total. The van der Waals surface area contributed by atoms with Gasteiger partial charge in [0.2, 0.25) is 5.91 Å². The number of nitrogens with two attached hydrogens (primary N) is 1. The number of hydrogen-bond acceptors (Lipinski definition) is 4. The number of carboxylic acids is 1. The van der Waals surface area contributed by atoms with Crippen molar-refractivity contribution in [3.8, 4) is 0 Å². The Balaban J connectivity index is 2.81. The van der Waals surface area contributed by atoms with E-state index in [4.69, 9.17) is 10.8 Å². The van der Waals surface area contributed by atoms with E-state index in [1.807, 2.05) is 5.32 Å². The first kappa shape index (κ1) is 14.0. The van der Waals surface area contributed by atoms with Crippen LogP contribution in [0.5, 0.6) is 0 Å². The average molecular weight is 268 g/mol. The standard InChI is InChI=1S/C11H12N2O4S/c1-6(9(14)13-11(12)17)18-8-5-3-2-4-7(8)10(15)16/h2-6H,1H3,(H,15,16)(H3,12,13,14,17)/t6-/m1/s1. The van der Waals surface area contributed by atoms with Crippen LogP contribution in [0.25, 0.3) is 0 Å². The van der Waals surface area contributed by atoms with Gasteiger partial charge < -0.3 is 10.8 Å². The van der Waals surface area contributed by atoms with Crippen molar-refractivity contribution in [2.24, 2.45) is 5.73 Å². The molecule has 0 spiro atoms. The van der Waals surface area contributed by atoms with E-state index in [2.05, 4.69) is 0 Å². The smallest absolute Gasteiger partial charge is 0.336 e. The maximum absolute atomic E-state index is 11.5. The summed E-state index contributed by atoms with van der Waals surface area (Å²) in [7, 11) is 0. The Labute approximate surface area is 108 Å². The lowest BCUT2D eigenvalue weighted by atomic mass is 10.2. The van der Waals surface area contributed by atoms with Gasteiger partial charge in [-0.2, -0.15) is 0 Å². The summed E-state index contributed by atoms with van der Waals surface area (Å²) < 4.78 is 0. The molecule has 1 rings (SSSR count). The summed E-state index contributed by atoms with van der Waals surface area (Å²) in [5.41, 5.74) is 4.94. The zero-order valence-corrected chi connectivity index (χ0v) is 10.4. The van der Waals surface area contributed by atoms with E-state index < -0.39 is 23.2 Å². The minimum atomic E-state index is -1.07. The van der Waals surface area contributed by atoms with Crippen molar-refractivity contribution in [2.45, 2.75) is 17.1 Å². The number of aromatic carboxylic acids is 1. The Hall–Kier alpha value is -2.02. The lowest BCUT2D eigenvalue weighted by Crippen LogP contribution is -2.39. The second-order valence-corrected chi connectivity index (χ2v) is 4.80. The molecule has 96 valence electrons. The van der Waals surface area contributed by atoms with Crippen LogP contribution in [0, 0.1) is 0 Å². The summed E-state index contributed by atoms with van der Waals surface area (Å²) in [4.78, 5) is 33.4. The van der Waals surface area contributed by atoms with Gasteiger partial charge in [0.15, 0.2) is 0 Å². The second-order valence-electron chi connectivity index (χ2n) is 3.41. The molecule has 7 heteroatoms. The lowest BCUT2D eigenvalue weighted by Gasteiger charge is -2.11. The van der Waals surface area contributed by atoms with Gasteiger partial charge in [-0.05, 0) is 19.1 Å². The normalized spacial score (nSPS) is 11.6. The number of hydrogen-bond donors (Lipinski definition) is 3. The van der Waals surface area contributed by atoms with Crippen LogP contribution in [0.15, 0.2) is 29.2 Å². The van der Waals surface area contributed by atoms with Crippen LogP contribution in [0.1, 0.15) is 17.3 Å². The number of carboxylic acid groups (broad SMARTS) is 1. The molecule has 0 aromatic heterocycles. The first-order chi connectivity index (χ1) is 8.41. The molecule has 0 radical (unpaired) electrons. The molecule has 0 unspecified atom stereocenters. The maximum Gasteiger partial charge on any atom is 0.336 e. The van der Waals surface area contributed by atoms with Gasteiger partial charge in [-0.25, -0.2) is 9.59 Å². The fourth-order valence-electron chi connectivity index (χ4n) is 1.21. The predicted octanol–water partition coefficient (Wildman–Crippen LogP) is 1.06. The third-order valence-corrected chi connectivity index (χ3v) is 3.21. The number of nitrogens with one attached hydrogen (secondary N) is 1. The first-order valence-corrected chi connectivity index (χ1v) is 5.89. The number of amides is 3. The molecular weight excluding hydrogens is 256 g/mol. The van der Waals surface area contributed by atoms with Crippen molar-refractivity contribution in [3.05, 3.63) is 29.8 Å². The Morgan fingerprint density at radius 2 is 1.94 bits per heavy atom. The molecule has 0 saturated carbocycles. The zero-order valence-electron chi connectivity index (χ0n) is 9.54. The molecule has 0 aliphatic rings. The van der Waals surface area contributed by atoms with Crippen LogP contribution in [0.4, 0.5) is 4.79 Å². The minimum absolute atomic E-state index is 0.112. The van der Waals surface area contributed by atoms with Crippen molar-refractivity contribution < 1.29 is 19.5 Å². The number of benzene rings is 1. The third-order valence-electron chi connectivity index (χ3n) is 2.04. The molecule has 0 heterocycles. The third kappa shape index (κ3) is 3.77. The van der Waals surface area contributed by atoms with Gasteiger partial charge in [-0.3, -0.25) is 10.1 Å². The Morgan fingerprint density at radius 3 is 2.50 bits per heavy atom. The van der Waals surface area contributed by atoms with Gasteiger partial charge in [0.1, 0.15) is 0 Å². The number of rotatable bonds is 4. The van der Waals surface area contributed by atoms with Gasteiger partial charge in [0.25, 0.3) is 0 Å². The van der Waals surface area contributed by atoms with Gasteiger partial charge in [-0.1, -0.05) is 12.1 Å². The van der Waals surface area contributed by atoms with Crippen molar-refractivity contribution in [1.82, 2.24) is 5.32 Å². The highest BCUT2D eigenvalue weighted by atomic mass is 32.2. The molecule has 0 fully saturated rings. The van der Waals surface area contributed by atoms with Crippen molar-refractivity contribution in [1.29, 1.82) is 0 Å². The van der Waals surface area contributed by atoms with Crippen molar-refractivity contribution in [3.63, 3.8) is 0 Å². The van der Waals surface area contributed by atoms with Gasteiger partial charge in [-0.15, -0.1) is 11.8 Å². The number of primary amides is 1. The monoisotopic (exact) mass is 268 g/mol. The highest BCUT2D eigenvalue weighted by Crippen LogP contribution is 2.26. The Morgan fingerprint density at radius 1 is 1.33 bits per heavy atom. The Bertz CT molecular complexity index is 490. The lowest BCUT2D eigenvalue weighted by molar-refractivity contribution is -0.119. The number of carbonyl (C=O) groups excluding carboxylic acids is 2. The van der Waals surface area contributed by atoms with Crippen LogP contribution >= 0.6 is 11.8 Å². The summed E-state index contributed by atoms with van der Waals surface area (Å²) in [6.45, 7) is 1.56. The molecule has 1 atom stereocenters. The van der Waals surface area contributed by atoms with Crippen LogP contribution < -0.4 is 11.1 Å². The molecule has 0 aliphatic carbocycles. The summed E-state index contributed by atoms with van der Waals surface area (Å²) in [5.74, 6) is -1.63. The predicted molar refractivity (Wildman–Crippen MR) is 66.4 cm³/mol.